The molecule has 1 amide bonds. The highest BCUT2D eigenvalue weighted by Crippen LogP contribution is 2.22. The van der Waals surface area contributed by atoms with Crippen LogP contribution in [0.3, 0.4) is 0 Å². The Morgan fingerprint density at radius 1 is 1.13 bits per heavy atom. The summed E-state index contributed by atoms with van der Waals surface area (Å²) in [6.07, 6.45) is 1.19. The molecule has 0 fully saturated rings. The molecule has 1 aliphatic heterocycles. The Morgan fingerprint density at radius 2 is 1.80 bits per heavy atom. The van der Waals surface area contributed by atoms with Gasteiger partial charge in [0.05, 0.1) is 5.71 Å². The second-order valence-electron chi connectivity index (χ2n) is 3.25. The van der Waals surface area contributed by atoms with Crippen LogP contribution in [-0.2, 0) is 4.79 Å². The molecule has 0 aliphatic carbocycles. The average Bonchev–Trinajstić information content (AvgIpc) is 2.17. The fraction of sp³-hybridized carbons (Fsp3) is 0.200. The zero-order valence-corrected chi connectivity index (χ0v) is 10.9. The van der Waals surface area contributed by atoms with E-state index in [9.17, 15) is 4.79 Å². The molecular formula is C10H8Br2N2O. The maximum Gasteiger partial charge on any atom is 0.240 e. The van der Waals surface area contributed by atoms with Crippen LogP contribution in [0.2, 0.25) is 0 Å². The van der Waals surface area contributed by atoms with E-state index in [1.54, 1.807) is 0 Å². The van der Waals surface area contributed by atoms with Crippen molar-refractivity contribution in [2.75, 3.05) is 0 Å². The third kappa shape index (κ3) is 2.66. The zero-order chi connectivity index (χ0) is 10.8. The monoisotopic (exact) mass is 330 g/mol. The fourth-order valence-electron chi connectivity index (χ4n) is 1.40. The quantitative estimate of drug-likeness (QED) is 0.844. The van der Waals surface area contributed by atoms with Gasteiger partial charge in [0.15, 0.2) is 0 Å². The molecule has 78 valence electrons. The second-order valence-corrected chi connectivity index (χ2v) is 5.08. The molecule has 0 bridgehead atoms. The van der Waals surface area contributed by atoms with Gasteiger partial charge >= 0.3 is 0 Å². The molecule has 1 N–H and O–H groups in total. The maximum absolute atomic E-state index is 10.9. The van der Waals surface area contributed by atoms with Crippen LogP contribution in [-0.4, -0.2) is 11.6 Å². The highest BCUT2D eigenvalue weighted by atomic mass is 79.9. The van der Waals surface area contributed by atoms with Gasteiger partial charge in [-0.25, -0.2) is 5.43 Å². The molecule has 0 aromatic heterocycles. The van der Waals surface area contributed by atoms with Crippen molar-refractivity contribution in [3.63, 3.8) is 0 Å². The number of hydrogen-bond acceptors (Lipinski definition) is 2. The van der Waals surface area contributed by atoms with Gasteiger partial charge in [-0.2, -0.15) is 5.10 Å². The smallest absolute Gasteiger partial charge is 0.240 e. The number of nitrogens with one attached hydrogen (secondary N) is 1. The lowest BCUT2D eigenvalue weighted by Gasteiger charge is -2.12. The van der Waals surface area contributed by atoms with Gasteiger partial charge in [-0.1, -0.05) is 31.9 Å². The van der Waals surface area contributed by atoms with E-state index in [0.717, 1.165) is 20.2 Å². The molecule has 3 nitrogen and oxygen atoms in total. The van der Waals surface area contributed by atoms with Crippen LogP contribution in [0.5, 0.6) is 0 Å². The van der Waals surface area contributed by atoms with Crippen LogP contribution in [0.1, 0.15) is 18.4 Å². The first-order valence-corrected chi connectivity index (χ1v) is 6.05. The van der Waals surface area contributed by atoms with E-state index in [0.29, 0.717) is 12.8 Å². The lowest BCUT2D eigenvalue weighted by molar-refractivity contribution is -0.121. The molecule has 1 aromatic carbocycles. The van der Waals surface area contributed by atoms with Gasteiger partial charge in [0, 0.05) is 21.8 Å². The Kier molecular flexibility index (Phi) is 3.21. The predicted octanol–water partition coefficient (Wildman–Crippen LogP) is 2.83. The summed E-state index contributed by atoms with van der Waals surface area (Å²) in [5.41, 5.74) is 4.43. The Balaban J connectivity index is 2.33. The van der Waals surface area contributed by atoms with Gasteiger partial charge in [-0.15, -0.1) is 0 Å². The highest BCUT2D eigenvalue weighted by Gasteiger charge is 2.13. The highest BCUT2D eigenvalue weighted by molar-refractivity contribution is 9.11. The number of benzene rings is 1. The topological polar surface area (TPSA) is 41.5 Å². The predicted molar refractivity (Wildman–Crippen MR) is 65.8 cm³/mol. The molecule has 1 heterocycles. The largest absolute Gasteiger partial charge is 0.273 e. The first-order chi connectivity index (χ1) is 7.15. The number of carbonyl (C=O) groups is 1. The molecule has 2 rings (SSSR count). The van der Waals surface area contributed by atoms with Crippen LogP contribution in [0.25, 0.3) is 0 Å². The van der Waals surface area contributed by atoms with E-state index < -0.39 is 0 Å². The molecule has 0 unspecified atom stereocenters. The van der Waals surface area contributed by atoms with Crippen molar-refractivity contribution in [3.05, 3.63) is 32.7 Å². The third-order valence-electron chi connectivity index (χ3n) is 2.10. The van der Waals surface area contributed by atoms with Crippen molar-refractivity contribution >= 4 is 43.5 Å². The molecule has 0 atom stereocenters. The third-order valence-corrected chi connectivity index (χ3v) is 3.02. The molecular weight excluding hydrogens is 324 g/mol. The normalized spacial score (nSPS) is 15.9. The summed E-state index contributed by atoms with van der Waals surface area (Å²) in [6.45, 7) is 0. The Bertz CT molecular complexity index is 423. The summed E-state index contributed by atoms with van der Waals surface area (Å²) in [5, 5.41) is 4.04. The Labute approximate surface area is 104 Å². The summed E-state index contributed by atoms with van der Waals surface area (Å²) >= 11 is 6.84. The van der Waals surface area contributed by atoms with E-state index >= 15 is 0 Å². The number of amides is 1. The lowest BCUT2D eigenvalue weighted by atomic mass is 10.0. The van der Waals surface area contributed by atoms with Crippen LogP contribution in [0, 0.1) is 0 Å². The number of hydrogen-bond donors (Lipinski definition) is 1. The minimum Gasteiger partial charge on any atom is -0.273 e. The van der Waals surface area contributed by atoms with Crippen LogP contribution in [0.4, 0.5) is 0 Å². The van der Waals surface area contributed by atoms with Crippen LogP contribution >= 0.6 is 31.9 Å². The number of hydrazone groups is 1. The van der Waals surface area contributed by atoms with Crippen molar-refractivity contribution in [3.8, 4) is 0 Å². The Morgan fingerprint density at radius 3 is 2.33 bits per heavy atom. The summed E-state index contributed by atoms with van der Waals surface area (Å²) in [5.74, 6) is -0.0205. The van der Waals surface area contributed by atoms with E-state index in [2.05, 4.69) is 42.4 Å². The SMILES string of the molecule is O=C1CCC(c2cc(Br)cc(Br)c2)=NN1. The van der Waals surface area contributed by atoms with E-state index in [4.69, 9.17) is 0 Å². The first kappa shape index (κ1) is 10.8. The van der Waals surface area contributed by atoms with Gasteiger partial charge in [0.2, 0.25) is 5.91 Å². The molecule has 15 heavy (non-hydrogen) atoms. The van der Waals surface area contributed by atoms with Crippen LogP contribution in [0.15, 0.2) is 32.2 Å². The lowest BCUT2D eigenvalue weighted by Crippen LogP contribution is -2.25. The fourth-order valence-corrected chi connectivity index (χ4v) is 2.70. The molecule has 1 aliphatic rings. The van der Waals surface area contributed by atoms with E-state index in [-0.39, 0.29) is 5.91 Å². The number of halogens is 2. The second kappa shape index (κ2) is 4.45. The van der Waals surface area contributed by atoms with Gasteiger partial charge < -0.3 is 0 Å². The standard InChI is InChI=1S/C10H8Br2N2O/c11-7-3-6(4-8(12)5-7)9-1-2-10(15)14-13-9/h3-5H,1-2H2,(H,14,15). The van der Waals surface area contributed by atoms with Gasteiger partial charge in [0.1, 0.15) is 0 Å². The van der Waals surface area contributed by atoms with Crippen molar-refractivity contribution in [2.24, 2.45) is 5.10 Å². The number of carbonyl (C=O) groups excluding carboxylic acids is 1. The average molecular weight is 332 g/mol. The minimum absolute atomic E-state index is 0.0205. The first-order valence-electron chi connectivity index (χ1n) is 4.47. The molecule has 0 saturated heterocycles. The Hall–Kier alpha value is -0.680. The zero-order valence-electron chi connectivity index (χ0n) is 7.76. The van der Waals surface area contributed by atoms with Crippen molar-refractivity contribution in [2.45, 2.75) is 12.8 Å². The van der Waals surface area contributed by atoms with Crippen molar-refractivity contribution < 1.29 is 4.79 Å². The van der Waals surface area contributed by atoms with E-state index in [1.807, 2.05) is 18.2 Å². The maximum atomic E-state index is 10.9. The summed E-state index contributed by atoms with van der Waals surface area (Å²) in [4.78, 5) is 10.9. The van der Waals surface area contributed by atoms with Crippen LogP contribution < -0.4 is 5.43 Å². The molecule has 0 radical (unpaired) electrons. The van der Waals surface area contributed by atoms with Gasteiger partial charge in [-0.05, 0) is 23.8 Å². The summed E-state index contributed by atoms with van der Waals surface area (Å²) in [7, 11) is 0. The molecule has 1 aromatic rings. The van der Waals surface area contributed by atoms with Crippen molar-refractivity contribution in [1.82, 2.24) is 5.43 Å². The summed E-state index contributed by atoms with van der Waals surface area (Å²) < 4.78 is 1.98. The van der Waals surface area contributed by atoms with Crippen molar-refractivity contribution in [1.29, 1.82) is 0 Å². The minimum atomic E-state index is -0.0205. The van der Waals surface area contributed by atoms with Gasteiger partial charge in [-0.3, -0.25) is 4.79 Å². The molecule has 0 spiro atoms. The number of rotatable bonds is 1. The molecule has 0 saturated carbocycles. The molecule has 5 heteroatoms. The number of nitrogens with zero attached hydrogens (tertiary/aromatic N) is 1. The van der Waals surface area contributed by atoms with E-state index in [1.165, 1.54) is 0 Å². The van der Waals surface area contributed by atoms with Gasteiger partial charge in [0.25, 0.3) is 0 Å². The summed E-state index contributed by atoms with van der Waals surface area (Å²) in [6, 6.07) is 5.94.